The first-order valence-corrected chi connectivity index (χ1v) is 11.7. The maximum absolute atomic E-state index is 12.9. The molecule has 0 bridgehead atoms. The first-order valence-electron chi connectivity index (χ1n) is 10.2. The number of ether oxygens (including phenoxy) is 1. The zero-order valence-electron chi connectivity index (χ0n) is 19.5. The molecule has 2 aromatic rings. The molecule has 0 aliphatic heterocycles. The van der Waals surface area contributed by atoms with E-state index >= 15 is 0 Å². The number of halogens is 1. The number of nitrogens with zero attached hydrogens (tertiary/aromatic N) is 1. The molecule has 0 saturated carbocycles. The summed E-state index contributed by atoms with van der Waals surface area (Å²) in [7, 11) is -0.226. The van der Waals surface area contributed by atoms with E-state index < -0.39 is 33.1 Å². The van der Waals surface area contributed by atoms with Gasteiger partial charge in [-0.1, -0.05) is 17.5 Å². The molecule has 7 nitrogen and oxygen atoms in total. The van der Waals surface area contributed by atoms with Crippen LogP contribution < -0.4 is 10.0 Å². The number of methoxy groups -OCH3 is 1. The number of rotatable bonds is 7. The molecule has 9 heteroatoms. The van der Waals surface area contributed by atoms with Gasteiger partial charge in [0.2, 0.25) is 0 Å². The van der Waals surface area contributed by atoms with Crippen LogP contribution in [0.1, 0.15) is 62.7 Å². The Hall–Kier alpha value is -2.73. The highest BCUT2D eigenvalue weighted by molar-refractivity contribution is 7.84. The predicted octanol–water partition coefficient (Wildman–Crippen LogP) is 4.19. The number of hydrogen-bond acceptors (Lipinski definition) is 5. The van der Waals surface area contributed by atoms with E-state index in [1.807, 2.05) is 20.8 Å². The summed E-state index contributed by atoms with van der Waals surface area (Å²) in [6.07, 6.45) is 1.40. The van der Waals surface area contributed by atoms with Crippen LogP contribution in [-0.4, -0.2) is 32.9 Å². The lowest BCUT2D eigenvalue weighted by atomic mass is 9.89. The van der Waals surface area contributed by atoms with Crippen molar-refractivity contribution in [3.05, 3.63) is 58.4 Å². The Labute approximate surface area is 202 Å². The molecule has 0 aliphatic rings. The molecule has 0 spiro atoms. The highest BCUT2D eigenvalue weighted by atomic mass is 35.5. The summed E-state index contributed by atoms with van der Waals surface area (Å²) < 4.78 is 20.2. The molecular weight excluding hydrogens is 462 g/mol. The molecule has 0 saturated heterocycles. The molecule has 0 aliphatic carbocycles. The van der Waals surface area contributed by atoms with E-state index in [0.29, 0.717) is 21.8 Å². The SMILES string of the molecule is CC#Cc1ccc(C(=O)Nc2ccc(Cl)c([C@](C)(CC(=O)OC)N[S@@](=O)C(C)(C)C)c2)nc1. The largest absolute Gasteiger partial charge is 0.469 e. The molecule has 0 fully saturated rings. The van der Waals surface area contributed by atoms with Gasteiger partial charge < -0.3 is 10.1 Å². The molecule has 1 aromatic heterocycles. The maximum Gasteiger partial charge on any atom is 0.307 e. The van der Waals surface area contributed by atoms with Gasteiger partial charge >= 0.3 is 5.97 Å². The van der Waals surface area contributed by atoms with Crippen molar-refractivity contribution in [3.8, 4) is 11.8 Å². The van der Waals surface area contributed by atoms with Gasteiger partial charge in [-0.3, -0.25) is 9.59 Å². The van der Waals surface area contributed by atoms with E-state index in [0.717, 1.165) is 0 Å². The molecule has 176 valence electrons. The van der Waals surface area contributed by atoms with Crippen LogP contribution in [0.4, 0.5) is 5.69 Å². The van der Waals surface area contributed by atoms with E-state index in [2.05, 4.69) is 26.9 Å². The Kier molecular flexibility index (Phi) is 8.78. The third-order valence-corrected chi connectivity index (χ3v) is 6.76. The van der Waals surface area contributed by atoms with Crippen molar-refractivity contribution in [2.75, 3.05) is 12.4 Å². The number of carbonyl (C=O) groups is 2. The zero-order valence-corrected chi connectivity index (χ0v) is 21.1. The topological polar surface area (TPSA) is 97.4 Å². The van der Waals surface area contributed by atoms with Crippen molar-refractivity contribution in [1.82, 2.24) is 9.71 Å². The maximum atomic E-state index is 12.9. The van der Waals surface area contributed by atoms with Crippen molar-refractivity contribution in [2.24, 2.45) is 0 Å². The lowest BCUT2D eigenvalue weighted by Gasteiger charge is -2.34. The Morgan fingerprint density at radius 3 is 2.42 bits per heavy atom. The lowest BCUT2D eigenvalue weighted by molar-refractivity contribution is -0.142. The first-order chi connectivity index (χ1) is 15.4. The quantitative estimate of drug-likeness (QED) is 0.449. The molecular formula is C24H28ClN3O4S. The van der Waals surface area contributed by atoms with Gasteiger partial charge in [0.05, 0.1) is 34.8 Å². The third kappa shape index (κ3) is 7.13. The second-order valence-corrected chi connectivity index (χ2v) is 10.9. The van der Waals surface area contributed by atoms with Crippen LogP contribution in [0.3, 0.4) is 0 Å². The smallest absolute Gasteiger partial charge is 0.307 e. The standard InChI is InChI=1S/C24H28ClN3O4S/c1-7-8-16-9-12-20(26-15-16)22(30)27-17-10-11-19(25)18(13-17)24(5,14-21(29)32-6)28-33(31)23(2,3)4/h9-13,15,28H,14H2,1-6H3,(H,27,30)/t24-,33-/m0/s1. The molecule has 2 rings (SSSR count). The average Bonchev–Trinajstić information content (AvgIpc) is 2.74. The van der Waals surface area contributed by atoms with E-state index in [1.165, 1.54) is 13.3 Å². The summed E-state index contributed by atoms with van der Waals surface area (Å²) in [5.41, 5.74) is 0.739. The number of amides is 1. The zero-order chi connectivity index (χ0) is 24.8. The number of benzene rings is 1. The van der Waals surface area contributed by atoms with Crippen molar-refractivity contribution in [1.29, 1.82) is 0 Å². The van der Waals surface area contributed by atoms with Crippen LogP contribution >= 0.6 is 11.6 Å². The summed E-state index contributed by atoms with van der Waals surface area (Å²) in [4.78, 5) is 29.0. The number of pyridine rings is 1. The van der Waals surface area contributed by atoms with Gasteiger partial charge in [0.25, 0.3) is 5.91 Å². The minimum atomic E-state index is -1.51. The molecule has 1 amide bonds. The average molecular weight is 490 g/mol. The Morgan fingerprint density at radius 2 is 1.88 bits per heavy atom. The van der Waals surface area contributed by atoms with Gasteiger partial charge in [-0.25, -0.2) is 13.9 Å². The number of nitrogens with one attached hydrogen (secondary N) is 2. The summed E-state index contributed by atoms with van der Waals surface area (Å²) >= 11 is 6.48. The van der Waals surface area contributed by atoms with E-state index in [4.69, 9.17) is 16.3 Å². The molecule has 0 radical (unpaired) electrons. The van der Waals surface area contributed by atoms with Gasteiger partial charge in [-0.05, 0) is 70.5 Å². The number of esters is 1. The third-order valence-electron chi connectivity index (χ3n) is 4.68. The highest BCUT2D eigenvalue weighted by Gasteiger charge is 2.36. The van der Waals surface area contributed by atoms with Crippen molar-refractivity contribution >= 4 is 40.2 Å². The summed E-state index contributed by atoms with van der Waals surface area (Å²) in [5.74, 6) is 4.73. The lowest BCUT2D eigenvalue weighted by Crippen LogP contribution is -2.47. The second-order valence-electron chi connectivity index (χ2n) is 8.52. The van der Waals surface area contributed by atoms with Crippen LogP contribution in [0, 0.1) is 11.8 Å². The number of aromatic nitrogens is 1. The van der Waals surface area contributed by atoms with E-state index in [9.17, 15) is 13.8 Å². The van der Waals surface area contributed by atoms with Gasteiger partial charge in [0.15, 0.2) is 0 Å². The minimum Gasteiger partial charge on any atom is -0.469 e. The normalized spacial score (nSPS) is 13.8. The molecule has 33 heavy (non-hydrogen) atoms. The summed E-state index contributed by atoms with van der Waals surface area (Å²) in [6.45, 7) is 8.89. The first kappa shape index (κ1) is 26.5. The number of anilines is 1. The number of hydrogen-bond donors (Lipinski definition) is 2. The van der Waals surface area contributed by atoms with Gasteiger partial charge in [-0.15, -0.1) is 5.92 Å². The van der Waals surface area contributed by atoms with Crippen LogP contribution in [-0.2, 0) is 26.1 Å². The summed E-state index contributed by atoms with van der Waals surface area (Å²) in [6, 6.07) is 8.19. The van der Waals surface area contributed by atoms with Crippen molar-refractivity contribution in [3.63, 3.8) is 0 Å². The van der Waals surface area contributed by atoms with E-state index in [1.54, 1.807) is 44.2 Å². The Balaban J connectivity index is 2.39. The van der Waals surface area contributed by atoms with Crippen molar-refractivity contribution in [2.45, 2.75) is 51.3 Å². The van der Waals surface area contributed by atoms with Gasteiger partial charge in [-0.2, -0.15) is 0 Å². The van der Waals surface area contributed by atoms with Crippen LogP contribution in [0.15, 0.2) is 36.5 Å². The summed E-state index contributed by atoms with van der Waals surface area (Å²) in [5, 5.41) is 3.13. The van der Waals surface area contributed by atoms with Crippen LogP contribution in [0.25, 0.3) is 0 Å². The second kappa shape index (κ2) is 10.9. The van der Waals surface area contributed by atoms with Crippen LogP contribution in [0.2, 0.25) is 5.02 Å². The molecule has 1 aromatic carbocycles. The molecule has 0 unspecified atom stereocenters. The highest BCUT2D eigenvalue weighted by Crippen LogP contribution is 2.35. The minimum absolute atomic E-state index is 0.121. The van der Waals surface area contributed by atoms with Crippen molar-refractivity contribution < 1.29 is 18.5 Å². The Morgan fingerprint density at radius 1 is 1.18 bits per heavy atom. The van der Waals surface area contributed by atoms with Gasteiger partial charge in [0, 0.05) is 22.5 Å². The predicted molar refractivity (Wildman–Crippen MR) is 131 cm³/mol. The number of carbonyl (C=O) groups excluding carboxylic acids is 2. The fraction of sp³-hybridized carbons (Fsp3) is 0.375. The molecule has 2 N–H and O–H groups in total. The van der Waals surface area contributed by atoms with Gasteiger partial charge in [0.1, 0.15) is 5.69 Å². The molecule has 2 atom stereocenters. The van der Waals surface area contributed by atoms with E-state index in [-0.39, 0.29) is 12.1 Å². The monoisotopic (exact) mass is 489 g/mol. The Bertz CT molecular complexity index is 1120. The molecule has 1 heterocycles. The van der Waals surface area contributed by atoms with Crippen LogP contribution in [0.5, 0.6) is 0 Å². The fourth-order valence-electron chi connectivity index (χ4n) is 2.87. The fourth-order valence-corrected chi connectivity index (χ4v) is 4.10.